The predicted octanol–water partition coefficient (Wildman–Crippen LogP) is 0.0904. The topological polar surface area (TPSA) is 49.3 Å². The highest BCUT2D eigenvalue weighted by Gasteiger charge is 1.91. The maximum Gasteiger partial charge on any atom is 0.140 e. The van der Waals surface area contributed by atoms with Gasteiger partial charge in [-0.1, -0.05) is 6.92 Å². The van der Waals surface area contributed by atoms with Crippen molar-refractivity contribution in [3.05, 3.63) is 0 Å². The number of rotatable bonds is 2. The van der Waals surface area contributed by atoms with E-state index in [9.17, 15) is 4.21 Å². The van der Waals surface area contributed by atoms with E-state index in [2.05, 4.69) is 4.72 Å². The molecule has 0 saturated heterocycles. The number of hydrogen-bond donors (Lipinski definition) is 2. The fourth-order valence-electron chi connectivity index (χ4n) is 0.290. The maximum absolute atomic E-state index is 10.5. The van der Waals surface area contributed by atoms with E-state index in [0.717, 1.165) is 0 Å². The standard InChI is InChI=1S/C4H11NO2S/c1-3-5-8(6,7)4-2/h4H,3H2,1-2H3,(H2,5,6,7). The molecule has 8 heavy (non-hydrogen) atoms. The molecule has 1 unspecified atom stereocenters. The molecule has 0 saturated carbocycles. The van der Waals surface area contributed by atoms with Gasteiger partial charge in [0.15, 0.2) is 0 Å². The van der Waals surface area contributed by atoms with Gasteiger partial charge >= 0.3 is 0 Å². The lowest BCUT2D eigenvalue weighted by Gasteiger charge is -1.99. The molecular weight excluding hydrogens is 126 g/mol. The zero-order valence-corrected chi connectivity index (χ0v) is 5.86. The SMILES string of the molecule is CC=S(=O)(O)NCC. The van der Waals surface area contributed by atoms with Gasteiger partial charge in [0.1, 0.15) is 9.99 Å². The van der Waals surface area contributed by atoms with Gasteiger partial charge in [0.25, 0.3) is 0 Å². The van der Waals surface area contributed by atoms with Crippen LogP contribution in [0, 0.1) is 0 Å². The van der Waals surface area contributed by atoms with E-state index in [0.29, 0.717) is 6.54 Å². The molecule has 0 radical (unpaired) electrons. The minimum Gasteiger partial charge on any atom is -0.302 e. The molecule has 0 bridgehead atoms. The van der Waals surface area contributed by atoms with Crippen LogP contribution >= 0.6 is 0 Å². The van der Waals surface area contributed by atoms with E-state index in [4.69, 9.17) is 4.55 Å². The van der Waals surface area contributed by atoms with E-state index in [1.165, 1.54) is 5.37 Å². The van der Waals surface area contributed by atoms with Crippen LogP contribution in [0.15, 0.2) is 0 Å². The second-order valence-electron chi connectivity index (χ2n) is 1.30. The smallest absolute Gasteiger partial charge is 0.140 e. The summed E-state index contributed by atoms with van der Waals surface area (Å²) in [7, 11) is -2.79. The van der Waals surface area contributed by atoms with Gasteiger partial charge in [-0.3, -0.25) is 0 Å². The number of hydrogen-bond acceptors (Lipinski definition) is 1. The van der Waals surface area contributed by atoms with Crippen LogP contribution in [0.2, 0.25) is 0 Å². The van der Waals surface area contributed by atoms with Gasteiger partial charge < -0.3 is 4.55 Å². The molecular formula is C4H11NO2S. The highest BCUT2D eigenvalue weighted by Crippen LogP contribution is 1.72. The van der Waals surface area contributed by atoms with E-state index >= 15 is 0 Å². The van der Waals surface area contributed by atoms with Crippen LogP contribution in [0.3, 0.4) is 0 Å². The van der Waals surface area contributed by atoms with Crippen LogP contribution in [0.5, 0.6) is 0 Å². The van der Waals surface area contributed by atoms with Crippen LogP contribution in [0.25, 0.3) is 0 Å². The van der Waals surface area contributed by atoms with Gasteiger partial charge in [0.05, 0.1) is 0 Å². The quantitative estimate of drug-likeness (QED) is 0.530. The lowest BCUT2D eigenvalue weighted by Crippen LogP contribution is -2.23. The molecule has 0 aromatic rings. The first-order valence-corrected chi connectivity index (χ1v) is 4.01. The van der Waals surface area contributed by atoms with Crippen molar-refractivity contribution >= 4 is 15.4 Å². The average Bonchev–Trinajstić information content (AvgIpc) is 1.67. The molecule has 2 N–H and O–H groups in total. The monoisotopic (exact) mass is 137 g/mol. The Kier molecular flexibility index (Phi) is 3.04. The van der Waals surface area contributed by atoms with Crippen LogP contribution < -0.4 is 4.72 Å². The molecule has 0 aliphatic rings. The molecule has 0 fully saturated rings. The zero-order valence-electron chi connectivity index (χ0n) is 5.05. The second-order valence-corrected chi connectivity index (χ2v) is 3.20. The molecule has 0 amide bonds. The predicted molar refractivity (Wildman–Crippen MR) is 36.2 cm³/mol. The van der Waals surface area contributed by atoms with E-state index in [1.807, 2.05) is 0 Å². The van der Waals surface area contributed by atoms with Gasteiger partial charge in [-0.2, -0.15) is 0 Å². The molecule has 0 aliphatic heterocycles. The van der Waals surface area contributed by atoms with Crippen molar-refractivity contribution in [3.8, 4) is 0 Å². The molecule has 0 aliphatic carbocycles. The summed E-state index contributed by atoms with van der Waals surface area (Å²) in [6, 6.07) is 0. The van der Waals surface area contributed by atoms with Crippen molar-refractivity contribution in [1.82, 2.24) is 4.72 Å². The Morgan fingerprint density at radius 1 is 1.88 bits per heavy atom. The summed E-state index contributed by atoms with van der Waals surface area (Å²) in [6.45, 7) is 3.84. The lowest BCUT2D eigenvalue weighted by atomic mass is 10.8. The van der Waals surface area contributed by atoms with Crippen LogP contribution in [0.4, 0.5) is 0 Å². The van der Waals surface area contributed by atoms with Crippen molar-refractivity contribution in [3.63, 3.8) is 0 Å². The summed E-state index contributed by atoms with van der Waals surface area (Å²) in [4.78, 5) is 0. The fraction of sp³-hybridized carbons (Fsp3) is 0.750. The first kappa shape index (κ1) is 7.94. The fourth-order valence-corrected chi connectivity index (χ4v) is 0.870. The molecule has 1 atom stereocenters. The van der Waals surface area contributed by atoms with Crippen molar-refractivity contribution < 1.29 is 8.76 Å². The molecule has 0 rings (SSSR count). The Bertz CT molecular complexity index is 157. The summed E-state index contributed by atoms with van der Waals surface area (Å²) in [5.74, 6) is 0. The molecule has 0 heterocycles. The molecule has 0 spiro atoms. The van der Waals surface area contributed by atoms with Crippen molar-refractivity contribution in [2.24, 2.45) is 0 Å². The third kappa shape index (κ3) is 3.01. The van der Waals surface area contributed by atoms with E-state index in [-0.39, 0.29) is 0 Å². The Morgan fingerprint density at radius 2 is 2.38 bits per heavy atom. The zero-order chi connectivity index (χ0) is 6.62. The third-order valence-corrected chi connectivity index (χ3v) is 2.01. The van der Waals surface area contributed by atoms with E-state index in [1.54, 1.807) is 13.8 Å². The summed E-state index contributed by atoms with van der Waals surface area (Å²) in [5.41, 5.74) is 0. The summed E-state index contributed by atoms with van der Waals surface area (Å²) < 4.78 is 21.6. The van der Waals surface area contributed by atoms with Crippen molar-refractivity contribution in [2.75, 3.05) is 6.54 Å². The third-order valence-electron chi connectivity index (χ3n) is 0.671. The van der Waals surface area contributed by atoms with Gasteiger partial charge in [-0.05, 0) is 6.92 Å². The average molecular weight is 137 g/mol. The Balaban J connectivity index is 3.96. The molecule has 0 aromatic carbocycles. The minimum absolute atomic E-state index is 0.514. The van der Waals surface area contributed by atoms with Crippen LogP contribution in [-0.2, 0) is 9.99 Å². The second kappa shape index (κ2) is 3.06. The molecule has 0 aromatic heterocycles. The molecule has 4 heteroatoms. The van der Waals surface area contributed by atoms with Crippen molar-refractivity contribution in [1.29, 1.82) is 0 Å². The van der Waals surface area contributed by atoms with Crippen LogP contribution in [0.1, 0.15) is 13.8 Å². The Morgan fingerprint density at radius 3 is 2.50 bits per heavy atom. The van der Waals surface area contributed by atoms with Gasteiger partial charge in [0, 0.05) is 11.9 Å². The first-order chi connectivity index (χ1) is 3.62. The Hall–Kier alpha value is -0.0600. The maximum atomic E-state index is 10.5. The number of nitrogens with one attached hydrogen (secondary N) is 1. The highest BCUT2D eigenvalue weighted by atomic mass is 32.2. The Labute approximate surface area is 50.1 Å². The van der Waals surface area contributed by atoms with Gasteiger partial charge in [-0.15, -0.1) is 0 Å². The summed E-state index contributed by atoms with van der Waals surface area (Å²) in [6.07, 6.45) is 0. The lowest BCUT2D eigenvalue weighted by molar-refractivity contribution is 0.546. The summed E-state index contributed by atoms with van der Waals surface area (Å²) >= 11 is 0. The van der Waals surface area contributed by atoms with Gasteiger partial charge in [-0.25, -0.2) is 8.93 Å². The largest absolute Gasteiger partial charge is 0.302 e. The first-order valence-electron chi connectivity index (χ1n) is 2.43. The van der Waals surface area contributed by atoms with E-state index < -0.39 is 9.99 Å². The van der Waals surface area contributed by atoms with Crippen LogP contribution in [-0.4, -0.2) is 20.7 Å². The highest BCUT2D eigenvalue weighted by molar-refractivity contribution is 7.94. The molecule has 3 nitrogen and oxygen atoms in total. The van der Waals surface area contributed by atoms with Gasteiger partial charge in [0.2, 0.25) is 0 Å². The molecule has 50 valence electrons. The summed E-state index contributed by atoms with van der Waals surface area (Å²) in [5, 5.41) is 1.25. The van der Waals surface area contributed by atoms with Crippen molar-refractivity contribution in [2.45, 2.75) is 13.8 Å². The normalized spacial score (nSPS) is 17.4. The minimum atomic E-state index is -2.79.